The molecule has 0 spiro atoms. The van der Waals surface area contributed by atoms with Crippen LogP contribution in [0, 0.1) is 5.92 Å². The van der Waals surface area contributed by atoms with Crippen LogP contribution < -0.4 is 11.1 Å². The number of likely N-dealkylation sites (N-methyl/N-ethyl adjacent to an activating group) is 1. The van der Waals surface area contributed by atoms with Crippen LogP contribution in [0.25, 0.3) is 0 Å². The standard InChI is InChI=1S/C12H27N3O2.ClH/c1-5-10(2)11(13)12(16)14-6-7-15(3)8-9-17-4;/h10-11H,5-9,13H2,1-4H3,(H,14,16);1H. The molecular weight excluding hydrogens is 254 g/mol. The van der Waals surface area contributed by atoms with Crippen molar-refractivity contribution in [3.8, 4) is 0 Å². The average molecular weight is 282 g/mol. The monoisotopic (exact) mass is 281 g/mol. The zero-order valence-electron chi connectivity index (χ0n) is 11.9. The fourth-order valence-electron chi connectivity index (χ4n) is 1.36. The molecule has 18 heavy (non-hydrogen) atoms. The van der Waals surface area contributed by atoms with Gasteiger partial charge >= 0.3 is 0 Å². The average Bonchev–Trinajstić information content (AvgIpc) is 2.34. The van der Waals surface area contributed by atoms with Gasteiger partial charge in [0.1, 0.15) is 0 Å². The normalized spacial score (nSPS) is 13.9. The van der Waals surface area contributed by atoms with Crippen molar-refractivity contribution in [1.29, 1.82) is 0 Å². The first-order chi connectivity index (χ1) is 8.02. The largest absolute Gasteiger partial charge is 0.383 e. The number of amides is 1. The van der Waals surface area contributed by atoms with E-state index >= 15 is 0 Å². The summed E-state index contributed by atoms with van der Waals surface area (Å²) in [5.41, 5.74) is 5.82. The highest BCUT2D eigenvalue weighted by Crippen LogP contribution is 2.04. The Morgan fingerprint density at radius 2 is 2.06 bits per heavy atom. The number of rotatable bonds is 9. The fourth-order valence-corrected chi connectivity index (χ4v) is 1.36. The molecule has 0 aromatic rings. The first kappa shape index (κ1) is 20.0. The maximum Gasteiger partial charge on any atom is 0.237 e. The Bertz CT molecular complexity index is 217. The van der Waals surface area contributed by atoms with E-state index in [0.717, 1.165) is 19.5 Å². The van der Waals surface area contributed by atoms with Gasteiger partial charge in [-0.15, -0.1) is 12.4 Å². The molecule has 0 aromatic carbocycles. The van der Waals surface area contributed by atoms with Crippen LogP contribution in [0.15, 0.2) is 0 Å². The molecule has 1 amide bonds. The molecule has 2 unspecified atom stereocenters. The number of hydrogen-bond donors (Lipinski definition) is 2. The van der Waals surface area contributed by atoms with E-state index < -0.39 is 6.04 Å². The minimum Gasteiger partial charge on any atom is -0.383 e. The number of nitrogens with one attached hydrogen (secondary N) is 1. The van der Waals surface area contributed by atoms with E-state index in [0.29, 0.717) is 13.2 Å². The maximum absolute atomic E-state index is 11.7. The Hall–Kier alpha value is -0.360. The third-order valence-corrected chi connectivity index (χ3v) is 3.03. The van der Waals surface area contributed by atoms with Gasteiger partial charge in [-0.3, -0.25) is 4.79 Å². The lowest BCUT2D eigenvalue weighted by Crippen LogP contribution is -2.46. The number of methoxy groups -OCH3 is 1. The van der Waals surface area contributed by atoms with Crippen molar-refractivity contribution >= 4 is 18.3 Å². The van der Waals surface area contributed by atoms with E-state index in [4.69, 9.17) is 10.5 Å². The quantitative estimate of drug-likeness (QED) is 0.645. The van der Waals surface area contributed by atoms with Gasteiger partial charge in [-0.25, -0.2) is 0 Å². The number of halogens is 1. The van der Waals surface area contributed by atoms with Gasteiger partial charge < -0.3 is 20.7 Å². The van der Waals surface area contributed by atoms with Gasteiger partial charge in [0.15, 0.2) is 0 Å². The third-order valence-electron chi connectivity index (χ3n) is 3.03. The lowest BCUT2D eigenvalue weighted by molar-refractivity contribution is -0.123. The Labute approximate surface area is 117 Å². The van der Waals surface area contributed by atoms with E-state index in [1.807, 2.05) is 20.9 Å². The summed E-state index contributed by atoms with van der Waals surface area (Å²) < 4.78 is 4.98. The third kappa shape index (κ3) is 8.69. The molecule has 0 bridgehead atoms. The highest BCUT2D eigenvalue weighted by Gasteiger charge is 2.18. The number of nitrogens with two attached hydrogens (primary N) is 1. The van der Waals surface area contributed by atoms with Crippen molar-refractivity contribution in [3.63, 3.8) is 0 Å². The molecule has 110 valence electrons. The molecule has 0 radical (unpaired) electrons. The minimum absolute atomic E-state index is 0. The lowest BCUT2D eigenvalue weighted by atomic mass is 9.99. The van der Waals surface area contributed by atoms with E-state index in [1.165, 1.54) is 0 Å². The van der Waals surface area contributed by atoms with Gasteiger partial charge in [0.2, 0.25) is 5.91 Å². The zero-order chi connectivity index (χ0) is 13.3. The predicted octanol–water partition coefficient (Wildman–Crippen LogP) is 0.476. The first-order valence-corrected chi connectivity index (χ1v) is 6.23. The van der Waals surface area contributed by atoms with Crippen molar-refractivity contribution in [3.05, 3.63) is 0 Å². The Morgan fingerprint density at radius 1 is 1.44 bits per heavy atom. The van der Waals surface area contributed by atoms with Gasteiger partial charge in [-0.05, 0) is 13.0 Å². The van der Waals surface area contributed by atoms with Crippen molar-refractivity contribution in [2.75, 3.05) is 40.4 Å². The van der Waals surface area contributed by atoms with Crippen LogP contribution in [-0.2, 0) is 9.53 Å². The van der Waals surface area contributed by atoms with Crippen LogP contribution in [0.1, 0.15) is 20.3 Å². The second-order valence-corrected chi connectivity index (χ2v) is 4.50. The molecule has 0 saturated carbocycles. The molecule has 0 saturated heterocycles. The van der Waals surface area contributed by atoms with Gasteiger partial charge in [0.05, 0.1) is 12.6 Å². The van der Waals surface area contributed by atoms with Gasteiger partial charge in [-0.1, -0.05) is 20.3 Å². The summed E-state index contributed by atoms with van der Waals surface area (Å²) >= 11 is 0. The van der Waals surface area contributed by atoms with Gasteiger partial charge in [-0.2, -0.15) is 0 Å². The fraction of sp³-hybridized carbons (Fsp3) is 0.917. The maximum atomic E-state index is 11.7. The molecule has 0 aliphatic heterocycles. The van der Waals surface area contributed by atoms with Gasteiger partial charge in [0, 0.05) is 26.7 Å². The molecule has 3 N–H and O–H groups in total. The number of nitrogens with zero attached hydrogens (tertiary/aromatic N) is 1. The Kier molecular flexibility index (Phi) is 13.0. The summed E-state index contributed by atoms with van der Waals surface area (Å²) in [6, 6.07) is -0.399. The molecule has 0 aliphatic rings. The minimum atomic E-state index is -0.399. The van der Waals surface area contributed by atoms with Crippen molar-refractivity contribution < 1.29 is 9.53 Å². The lowest BCUT2D eigenvalue weighted by Gasteiger charge is -2.20. The van der Waals surface area contributed by atoms with E-state index in [9.17, 15) is 4.79 Å². The van der Waals surface area contributed by atoms with Crippen molar-refractivity contribution in [1.82, 2.24) is 10.2 Å². The van der Waals surface area contributed by atoms with Crippen LogP contribution in [0.4, 0.5) is 0 Å². The molecule has 0 fully saturated rings. The highest BCUT2D eigenvalue weighted by molar-refractivity contribution is 5.85. The number of carbonyl (C=O) groups is 1. The molecule has 0 heterocycles. The smallest absolute Gasteiger partial charge is 0.237 e. The summed E-state index contributed by atoms with van der Waals surface area (Å²) in [7, 11) is 3.68. The molecule has 0 aromatic heterocycles. The van der Waals surface area contributed by atoms with E-state index in [2.05, 4.69) is 10.2 Å². The second kappa shape index (κ2) is 11.7. The molecule has 5 nitrogen and oxygen atoms in total. The predicted molar refractivity (Wildman–Crippen MR) is 77.1 cm³/mol. The van der Waals surface area contributed by atoms with Crippen LogP contribution in [0.2, 0.25) is 0 Å². The van der Waals surface area contributed by atoms with Crippen LogP contribution >= 0.6 is 12.4 Å². The summed E-state index contributed by atoms with van der Waals surface area (Å²) in [5.74, 6) is 0.167. The Morgan fingerprint density at radius 3 is 2.56 bits per heavy atom. The SMILES string of the molecule is CCC(C)C(N)C(=O)NCCN(C)CCOC.Cl. The molecule has 0 aliphatic carbocycles. The van der Waals surface area contributed by atoms with Crippen LogP contribution in [-0.4, -0.2) is 57.2 Å². The Balaban J connectivity index is 0. The summed E-state index contributed by atoms with van der Waals surface area (Å²) in [6.07, 6.45) is 0.919. The number of ether oxygens (including phenoxy) is 1. The number of carbonyl (C=O) groups excluding carboxylic acids is 1. The summed E-state index contributed by atoms with van der Waals surface area (Å²) in [6.45, 7) is 7.04. The van der Waals surface area contributed by atoms with E-state index in [1.54, 1.807) is 7.11 Å². The topological polar surface area (TPSA) is 67.6 Å². The molecule has 2 atom stereocenters. The highest BCUT2D eigenvalue weighted by atomic mass is 35.5. The van der Waals surface area contributed by atoms with E-state index in [-0.39, 0.29) is 24.2 Å². The summed E-state index contributed by atoms with van der Waals surface area (Å²) in [4.78, 5) is 13.8. The second-order valence-electron chi connectivity index (χ2n) is 4.50. The van der Waals surface area contributed by atoms with Crippen molar-refractivity contribution in [2.24, 2.45) is 11.7 Å². The van der Waals surface area contributed by atoms with Crippen LogP contribution in [0.3, 0.4) is 0 Å². The number of hydrogen-bond acceptors (Lipinski definition) is 4. The van der Waals surface area contributed by atoms with Gasteiger partial charge in [0.25, 0.3) is 0 Å². The summed E-state index contributed by atoms with van der Waals surface area (Å²) in [5, 5.41) is 2.86. The molecule has 6 heteroatoms. The first-order valence-electron chi connectivity index (χ1n) is 6.23. The zero-order valence-corrected chi connectivity index (χ0v) is 12.8. The molecular formula is C12H28ClN3O2. The molecule has 0 rings (SSSR count). The van der Waals surface area contributed by atoms with Crippen molar-refractivity contribution in [2.45, 2.75) is 26.3 Å². The van der Waals surface area contributed by atoms with Crippen LogP contribution in [0.5, 0.6) is 0 Å².